The van der Waals surface area contributed by atoms with Crippen molar-refractivity contribution in [3.8, 4) is 17.0 Å². The summed E-state index contributed by atoms with van der Waals surface area (Å²) in [5, 5.41) is 3.27. The number of aryl methyl sites for hydroxylation is 1. The van der Waals surface area contributed by atoms with Crippen LogP contribution in [0.15, 0.2) is 51.8 Å². The molecule has 1 fully saturated rings. The van der Waals surface area contributed by atoms with Crippen molar-refractivity contribution < 1.29 is 35.0 Å². The first-order chi connectivity index (χ1) is 21.2. The van der Waals surface area contributed by atoms with E-state index in [1.807, 2.05) is 19.9 Å². The Kier molecular flexibility index (Phi) is 8.87. The van der Waals surface area contributed by atoms with Crippen molar-refractivity contribution in [3.63, 3.8) is 0 Å². The Morgan fingerprint density at radius 1 is 1.13 bits per heavy atom. The number of halogens is 4. The van der Waals surface area contributed by atoms with Gasteiger partial charge in [0, 0.05) is 30.4 Å². The van der Waals surface area contributed by atoms with Crippen molar-refractivity contribution in [3.05, 3.63) is 80.1 Å². The number of benzene rings is 2. The smallest absolute Gasteiger partial charge is 0.440 e. The van der Waals surface area contributed by atoms with E-state index in [0.29, 0.717) is 33.7 Å². The topological polar surface area (TPSA) is 119 Å². The van der Waals surface area contributed by atoms with Crippen LogP contribution in [0.4, 0.5) is 24.7 Å². The van der Waals surface area contributed by atoms with Crippen LogP contribution in [0, 0.1) is 13.8 Å². The Morgan fingerprint density at radius 3 is 2.51 bits per heavy atom. The normalized spacial score (nSPS) is 14.8. The van der Waals surface area contributed by atoms with Gasteiger partial charge < -0.3 is 18.8 Å². The quantitative estimate of drug-likeness (QED) is 0.117. The number of aldehydes is 1. The van der Waals surface area contributed by atoms with E-state index >= 15 is 0 Å². The van der Waals surface area contributed by atoms with Crippen molar-refractivity contribution in [2.75, 3.05) is 23.3 Å². The Labute approximate surface area is 262 Å². The maximum absolute atomic E-state index is 13.5. The first kappa shape index (κ1) is 32.3. The average Bonchev–Trinajstić information content (AvgIpc) is 2.99. The maximum atomic E-state index is 13.5. The van der Waals surface area contributed by atoms with Gasteiger partial charge in [0.1, 0.15) is 5.58 Å². The van der Waals surface area contributed by atoms with Crippen LogP contribution in [0.3, 0.4) is 0 Å². The van der Waals surface area contributed by atoms with Crippen LogP contribution in [-0.2, 0) is 10.1 Å². The zero-order valence-electron chi connectivity index (χ0n) is 24.5. The molecule has 0 saturated carbocycles. The number of nitrogens with one attached hydrogen (secondary N) is 1. The van der Waals surface area contributed by atoms with Crippen molar-refractivity contribution in [1.29, 1.82) is 0 Å². The minimum atomic E-state index is -6.08. The molecule has 1 aliphatic heterocycles. The van der Waals surface area contributed by atoms with Crippen LogP contribution >= 0.6 is 11.6 Å². The van der Waals surface area contributed by atoms with Gasteiger partial charge in [-0.15, -0.1) is 0 Å². The van der Waals surface area contributed by atoms with Crippen LogP contribution in [0.5, 0.6) is 5.75 Å². The summed E-state index contributed by atoms with van der Waals surface area (Å²) in [6.07, 6.45) is 4.73. The van der Waals surface area contributed by atoms with Crippen molar-refractivity contribution >= 4 is 50.5 Å². The van der Waals surface area contributed by atoms with E-state index in [0.717, 1.165) is 50.0 Å². The molecule has 238 valence electrons. The van der Waals surface area contributed by atoms with Gasteiger partial charge in [0.05, 0.1) is 39.0 Å². The average molecular weight is 664 g/mol. The standard InChI is InChI=1S/C31H29ClF3N3O6S/c1-17-12-22(29-23(13-17)27(40)18(2)30(43-29)38-10-5-4-6-11-38)19(3)37-25-8-7-9-36-26(25)20-14-21(16-39)28(24(32)15-20)44-45(41,42)31(33,34)35/h7-9,12-16,19,37H,4-6,10-11H2,1-3H3. The Morgan fingerprint density at radius 2 is 1.84 bits per heavy atom. The van der Waals surface area contributed by atoms with Gasteiger partial charge in [-0.2, -0.15) is 21.6 Å². The highest BCUT2D eigenvalue weighted by Gasteiger charge is 2.49. The summed E-state index contributed by atoms with van der Waals surface area (Å²) in [5.74, 6) is -0.398. The van der Waals surface area contributed by atoms with E-state index in [-0.39, 0.29) is 23.0 Å². The molecule has 4 aromatic rings. The largest absolute Gasteiger partial charge is 0.534 e. The summed E-state index contributed by atoms with van der Waals surface area (Å²) in [6, 6.07) is 8.91. The monoisotopic (exact) mass is 663 g/mol. The molecule has 1 N–H and O–H groups in total. The van der Waals surface area contributed by atoms with Crippen molar-refractivity contribution in [2.24, 2.45) is 0 Å². The molecule has 0 spiro atoms. The fourth-order valence-corrected chi connectivity index (χ4v) is 6.23. The molecule has 0 amide bonds. The number of carbonyl (C=O) groups excluding carboxylic acids is 1. The van der Waals surface area contributed by atoms with Gasteiger partial charge in [0.2, 0.25) is 5.88 Å². The van der Waals surface area contributed by atoms with E-state index in [1.165, 1.54) is 6.20 Å². The Hall–Kier alpha value is -4.10. The predicted octanol–water partition coefficient (Wildman–Crippen LogP) is 7.33. The van der Waals surface area contributed by atoms with Crippen LogP contribution in [-0.4, -0.2) is 38.3 Å². The lowest BCUT2D eigenvalue weighted by Gasteiger charge is -2.29. The van der Waals surface area contributed by atoms with Gasteiger partial charge in [-0.3, -0.25) is 14.6 Å². The number of nitrogens with zero attached hydrogens (tertiary/aromatic N) is 2. The van der Waals surface area contributed by atoms with Gasteiger partial charge in [-0.05, 0) is 75.9 Å². The lowest BCUT2D eigenvalue weighted by Crippen LogP contribution is -2.31. The molecule has 1 unspecified atom stereocenters. The number of fused-ring (bicyclic) bond motifs is 1. The zero-order valence-corrected chi connectivity index (χ0v) is 26.1. The summed E-state index contributed by atoms with van der Waals surface area (Å²) in [4.78, 5) is 31.8. The molecule has 0 bridgehead atoms. The lowest BCUT2D eigenvalue weighted by molar-refractivity contribution is -0.0500. The van der Waals surface area contributed by atoms with E-state index in [4.69, 9.17) is 16.0 Å². The number of rotatable bonds is 8. The minimum Gasteiger partial charge on any atom is -0.440 e. The molecule has 14 heteroatoms. The first-order valence-corrected chi connectivity index (χ1v) is 15.8. The highest BCUT2D eigenvalue weighted by atomic mass is 35.5. The number of aromatic nitrogens is 1. The maximum Gasteiger partial charge on any atom is 0.534 e. The highest BCUT2D eigenvalue weighted by Crippen LogP contribution is 2.39. The SMILES string of the molecule is Cc1cc(C(C)Nc2cccnc2-c2cc(Cl)c(OS(=O)(=O)C(F)(F)F)c(C=O)c2)c2oc(N3CCCCC3)c(C)c(=O)c2c1. The number of anilines is 2. The van der Waals surface area contributed by atoms with E-state index in [1.54, 1.807) is 25.1 Å². The van der Waals surface area contributed by atoms with Gasteiger partial charge in [-0.25, -0.2) is 0 Å². The van der Waals surface area contributed by atoms with Crippen LogP contribution in [0.25, 0.3) is 22.2 Å². The number of pyridine rings is 1. The minimum absolute atomic E-state index is 0.109. The number of hydrogen-bond donors (Lipinski definition) is 1. The second kappa shape index (κ2) is 12.4. The summed E-state index contributed by atoms with van der Waals surface area (Å²) >= 11 is 6.15. The Balaban J connectivity index is 1.55. The van der Waals surface area contributed by atoms with Gasteiger partial charge in [0.15, 0.2) is 17.5 Å². The molecule has 9 nitrogen and oxygen atoms in total. The number of alkyl halides is 3. The van der Waals surface area contributed by atoms with Crippen molar-refractivity contribution in [1.82, 2.24) is 4.98 Å². The molecule has 2 aromatic carbocycles. The summed E-state index contributed by atoms with van der Waals surface area (Å²) < 4.78 is 72.7. The third-order valence-corrected chi connectivity index (χ3v) is 8.84. The first-order valence-electron chi connectivity index (χ1n) is 14.1. The molecule has 2 aromatic heterocycles. The number of carbonyl (C=O) groups is 1. The molecule has 1 atom stereocenters. The summed E-state index contributed by atoms with van der Waals surface area (Å²) in [5.41, 5.74) is -2.88. The molecule has 0 aliphatic carbocycles. The molecule has 3 heterocycles. The molecule has 5 rings (SSSR count). The fourth-order valence-electron chi connectivity index (χ4n) is 5.42. The molecule has 0 radical (unpaired) electrons. The summed E-state index contributed by atoms with van der Waals surface area (Å²) in [7, 11) is -6.08. The fraction of sp³-hybridized carbons (Fsp3) is 0.323. The van der Waals surface area contributed by atoms with E-state index in [9.17, 15) is 31.2 Å². The molecular formula is C31H29ClF3N3O6S. The zero-order chi connectivity index (χ0) is 32.7. The molecule has 45 heavy (non-hydrogen) atoms. The number of hydrogen-bond acceptors (Lipinski definition) is 9. The van der Waals surface area contributed by atoms with Crippen LogP contribution in [0.2, 0.25) is 5.02 Å². The van der Waals surface area contributed by atoms with Gasteiger partial charge >= 0.3 is 15.6 Å². The third-order valence-electron chi connectivity index (χ3n) is 7.61. The third kappa shape index (κ3) is 6.36. The predicted molar refractivity (Wildman–Crippen MR) is 166 cm³/mol. The molecule has 1 saturated heterocycles. The highest BCUT2D eigenvalue weighted by molar-refractivity contribution is 7.88. The molecular weight excluding hydrogens is 635 g/mol. The van der Waals surface area contributed by atoms with Crippen LogP contribution in [0.1, 0.15) is 59.3 Å². The second-order valence-corrected chi connectivity index (χ2v) is 12.8. The molecule has 1 aliphatic rings. The second-order valence-electron chi connectivity index (χ2n) is 10.9. The van der Waals surface area contributed by atoms with Gasteiger partial charge in [-0.1, -0.05) is 17.7 Å². The summed E-state index contributed by atoms with van der Waals surface area (Å²) in [6.45, 7) is 7.11. The van der Waals surface area contributed by atoms with Crippen molar-refractivity contribution in [2.45, 2.75) is 51.6 Å². The van der Waals surface area contributed by atoms with E-state index in [2.05, 4.69) is 19.4 Å². The number of piperidine rings is 1. The Bertz CT molecular complexity index is 1960. The van der Waals surface area contributed by atoms with Crippen LogP contribution < -0.4 is 19.8 Å². The van der Waals surface area contributed by atoms with E-state index < -0.39 is 38.0 Å². The lowest BCUT2D eigenvalue weighted by atomic mass is 9.99. The van der Waals surface area contributed by atoms with Gasteiger partial charge in [0.25, 0.3) is 0 Å².